The zero-order valence-electron chi connectivity index (χ0n) is 13.9. The van der Waals surface area contributed by atoms with Gasteiger partial charge in [-0.05, 0) is 19.3 Å². The summed E-state index contributed by atoms with van der Waals surface area (Å²) >= 11 is 1.40. The van der Waals surface area contributed by atoms with E-state index in [1.165, 1.54) is 11.3 Å². The van der Waals surface area contributed by atoms with Crippen molar-refractivity contribution in [2.24, 2.45) is 0 Å². The number of aromatic nitrogens is 1. The zero-order chi connectivity index (χ0) is 17.2. The molecule has 1 aromatic rings. The van der Waals surface area contributed by atoms with Crippen LogP contribution in [0.15, 0.2) is 10.9 Å². The Morgan fingerprint density at radius 3 is 2.79 bits per heavy atom. The fourth-order valence-electron chi connectivity index (χ4n) is 3.58. The van der Waals surface area contributed by atoms with E-state index in [2.05, 4.69) is 15.2 Å². The minimum absolute atomic E-state index is 0.0130. The van der Waals surface area contributed by atoms with Crippen LogP contribution in [0.25, 0.3) is 0 Å². The van der Waals surface area contributed by atoms with Gasteiger partial charge in [0.25, 0.3) is 5.91 Å². The van der Waals surface area contributed by atoms with Gasteiger partial charge in [-0.2, -0.15) is 0 Å². The molecule has 0 saturated carbocycles. The smallest absolute Gasteiger partial charge is 0.273 e. The molecule has 3 rings (SSSR count). The number of carbonyl (C=O) groups excluding carboxylic acids is 2. The number of aliphatic hydroxyl groups is 1. The van der Waals surface area contributed by atoms with Crippen LogP contribution in [0.2, 0.25) is 0 Å². The molecule has 0 radical (unpaired) electrons. The van der Waals surface area contributed by atoms with E-state index in [0.29, 0.717) is 31.7 Å². The van der Waals surface area contributed by atoms with Gasteiger partial charge in [-0.1, -0.05) is 0 Å². The van der Waals surface area contributed by atoms with Gasteiger partial charge in [0.1, 0.15) is 5.69 Å². The lowest BCUT2D eigenvalue weighted by Gasteiger charge is -2.36. The second-order valence-corrected chi connectivity index (χ2v) is 7.54. The number of amides is 2. The highest BCUT2D eigenvalue weighted by Gasteiger charge is 2.40. The van der Waals surface area contributed by atoms with Gasteiger partial charge in [-0.15, -0.1) is 11.3 Å². The van der Waals surface area contributed by atoms with Crippen molar-refractivity contribution < 1.29 is 14.7 Å². The van der Waals surface area contributed by atoms with E-state index in [0.717, 1.165) is 25.9 Å². The Hall–Kier alpha value is -1.51. The Morgan fingerprint density at radius 1 is 1.42 bits per heavy atom. The number of carbonyl (C=O) groups is 2. The number of hydrogen-bond donors (Lipinski definition) is 2. The monoisotopic (exact) mass is 352 g/mol. The third kappa shape index (κ3) is 4.12. The number of nitrogens with one attached hydrogen (secondary N) is 1. The minimum atomic E-state index is -0.855. The van der Waals surface area contributed by atoms with Crippen molar-refractivity contribution in [1.82, 2.24) is 20.1 Å². The van der Waals surface area contributed by atoms with Crippen LogP contribution < -0.4 is 5.32 Å². The summed E-state index contributed by atoms with van der Waals surface area (Å²) in [7, 11) is 0. The number of piperidine rings is 1. The topological polar surface area (TPSA) is 85.8 Å². The third-order valence-corrected chi connectivity index (χ3v) is 5.37. The normalized spacial score (nSPS) is 25.8. The highest BCUT2D eigenvalue weighted by molar-refractivity contribution is 7.07. The summed E-state index contributed by atoms with van der Waals surface area (Å²) in [6.07, 6.45) is 2.39. The van der Waals surface area contributed by atoms with Crippen molar-refractivity contribution in [3.63, 3.8) is 0 Å². The summed E-state index contributed by atoms with van der Waals surface area (Å²) < 4.78 is 0. The van der Waals surface area contributed by atoms with Crippen LogP contribution in [0.5, 0.6) is 0 Å². The molecule has 3 heterocycles. The number of thiazole rings is 1. The molecule has 2 aliphatic heterocycles. The first kappa shape index (κ1) is 17.3. The van der Waals surface area contributed by atoms with Crippen LogP contribution in [0.3, 0.4) is 0 Å². The lowest BCUT2D eigenvalue weighted by Crippen LogP contribution is -2.50. The third-order valence-electron chi connectivity index (χ3n) is 4.78. The average molecular weight is 352 g/mol. The predicted molar refractivity (Wildman–Crippen MR) is 90.9 cm³/mol. The number of likely N-dealkylation sites (tertiary alicyclic amines) is 2. The summed E-state index contributed by atoms with van der Waals surface area (Å²) in [6.45, 7) is 4.74. The standard InChI is InChI=1S/C16H24N4O3S/c1-12(21)18-13-2-5-19(6-3-13)9-16(23)4-7-20(10-16)15(22)14-8-24-11-17-14/h8,11,13,23H,2-7,9-10H2,1H3,(H,18,21)/t16-/m0/s1. The van der Waals surface area contributed by atoms with E-state index >= 15 is 0 Å². The molecule has 1 atom stereocenters. The summed E-state index contributed by atoms with van der Waals surface area (Å²) in [5, 5.41) is 15.5. The maximum atomic E-state index is 12.3. The average Bonchev–Trinajstić information content (AvgIpc) is 3.18. The maximum Gasteiger partial charge on any atom is 0.273 e. The van der Waals surface area contributed by atoms with E-state index < -0.39 is 5.60 Å². The largest absolute Gasteiger partial charge is 0.387 e. The predicted octanol–water partition coefficient (Wildman–Crippen LogP) is 0.321. The van der Waals surface area contributed by atoms with Crippen molar-refractivity contribution in [1.29, 1.82) is 0 Å². The molecule has 0 bridgehead atoms. The molecular weight excluding hydrogens is 328 g/mol. The molecule has 7 nitrogen and oxygen atoms in total. The van der Waals surface area contributed by atoms with Gasteiger partial charge >= 0.3 is 0 Å². The molecule has 2 fully saturated rings. The molecule has 2 saturated heterocycles. The van der Waals surface area contributed by atoms with Gasteiger partial charge in [0.05, 0.1) is 17.7 Å². The molecule has 24 heavy (non-hydrogen) atoms. The summed E-state index contributed by atoms with van der Waals surface area (Å²) in [6, 6.07) is 0.236. The molecule has 0 aliphatic carbocycles. The van der Waals surface area contributed by atoms with Crippen molar-refractivity contribution in [3.05, 3.63) is 16.6 Å². The Bertz CT molecular complexity index is 586. The van der Waals surface area contributed by atoms with E-state index in [1.807, 2.05) is 0 Å². The van der Waals surface area contributed by atoms with Gasteiger partial charge in [0.15, 0.2) is 0 Å². The van der Waals surface area contributed by atoms with Crippen LogP contribution in [-0.2, 0) is 4.79 Å². The number of hydrogen-bond acceptors (Lipinski definition) is 6. The fourth-order valence-corrected chi connectivity index (χ4v) is 4.10. The van der Waals surface area contributed by atoms with Crippen molar-refractivity contribution >= 4 is 23.2 Å². The van der Waals surface area contributed by atoms with Crippen LogP contribution >= 0.6 is 11.3 Å². The molecule has 2 aliphatic rings. The molecule has 2 amide bonds. The SMILES string of the molecule is CC(=O)NC1CCN(C[C@@]2(O)CCN(C(=O)c3cscn3)C2)CC1. The highest BCUT2D eigenvalue weighted by atomic mass is 32.1. The van der Waals surface area contributed by atoms with Crippen molar-refractivity contribution in [3.8, 4) is 0 Å². The van der Waals surface area contributed by atoms with E-state index in [1.54, 1.807) is 22.7 Å². The fraction of sp³-hybridized carbons (Fsp3) is 0.688. The second-order valence-electron chi connectivity index (χ2n) is 6.83. The molecule has 0 unspecified atom stereocenters. The maximum absolute atomic E-state index is 12.3. The van der Waals surface area contributed by atoms with Gasteiger partial charge in [-0.3, -0.25) is 9.59 Å². The first-order chi connectivity index (χ1) is 11.5. The molecule has 132 valence electrons. The lowest BCUT2D eigenvalue weighted by atomic mass is 9.99. The number of β-amino-alcohol motifs (C(OH)–C–C–N with tert-alkyl or cyclic N) is 1. The van der Waals surface area contributed by atoms with Gasteiger partial charge in [0, 0.05) is 44.5 Å². The second kappa shape index (κ2) is 7.16. The number of nitrogens with zero attached hydrogens (tertiary/aromatic N) is 3. The quantitative estimate of drug-likeness (QED) is 0.815. The Morgan fingerprint density at radius 2 is 2.17 bits per heavy atom. The number of rotatable bonds is 4. The van der Waals surface area contributed by atoms with Crippen LogP contribution in [0.1, 0.15) is 36.7 Å². The Labute approximate surface area is 145 Å². The van der Waals surface area contributed by atoms with Gasteiger partial charge in [-0.25, -0.2) is 4.98 Å². The van der Waals surface area contributed by atoms with E-state index in [-0.39, 0.29) is 17.9 Å². The van der Waals surface area contributed by atoms with Crippen LogP contribution in [-0.4, -0.2) is 76.1 Å². The molecule has 0 aromatic carbocycles. The van der Waals surface area contributed by atoms with Crippen molar-refractivity contribution in [2.45, 2.75) is 37.8 Å². The Kier molecular flexibility index (Phi) is 5.17. The molecular formula is C16H24N4O3S. The minimum Gasteiger partial charge on any atom is -0.387 e. The summed E-state index contributed by atoms with van der Waals surface area (Å²) in [4.78, 5) is 31.4. The van der Waals surface area contributed by atoms with E-state index in [9.17, 15) is 14.7 Å². The molecule has 2 N–H and O–H groups in total. The van der Waals surface area contributed by atoms with Gasteiger partial charge < -0.3 is 20.2 Å². The molecule has 8 heteroatoms. The van der Waals surface area contributed by atoms with Gasteiger partial charge in [0.2, 0.25) is 5.91 Å². The zero-order valence-corrected chi connectivity index (χ0v) is 14.7. The first-order valence-electron chi connectivity index (χ1n) is 8.34. The molecule has 0 spiro atoms. The molecule has 1 aromatic heterocycles. The summed E-state index contributed by atoms with van der Waals surface area (Å²) in [5.74, 6) is -0.0874. The summed E-state index contributed by atoms with van der Waals surface area (Å²) in [5.41, 5.74) is 1.25. The van der Waals surface area contributed by atoms with Crippen LogP contribution in [0.4, 0.5) is 0 Å². The first-order valence-corrected chi connectivity index (χ1v) is 9.29. The Balaban J connectivity index is 1.49. The lowest BCUT2D eigenvalue weighted by molar-refractivity contribution is -0.120. The van der Waals surface area contributed by atoms with E-state index in [4.69, 9.17) is 0 Å². The van der Waals surface area contributed by atoms with Crippen LogP contribution in [0, 0.1) is 0 Å². The highest BCUT2D eigenvalue weighted by Crippen LogP contribution is 2.25. The van der Waals surface area contributed by atoms with Crippen molar-refractivity contribution in [2.75, 3.05) is 32.7 Å².